The third kappa shape index (κ3) is 3.75. The number of nitrogens with one attached hydrogen (secondary N) is 1. The molecule has 24 heavy (non-hydrogen) atoms. The fraction of sp³-hybridized carbons (Fsp3) is 0.211. The minimum absolute atomic E-state index is 0.455. The Bertz CT molecular complexity index is 825. The predicted octanol–water partition coefficient (Wildman–Crippen LogP) is 3.85. The van der Waals surface area contributed by atoms with Crippen LogP contribution in [0.1, 0.15) is 5.56 Å². The first kappa shape index (κ1) is 16.1. The average molecular weight is 324 g/mol. The van der Waals surface area contributed by atoms with Crippen LogP contribution in [0.3, 0.4) is 0 Å². The van der Waals surface area contributed by atoms with Crippen molar-refractivity contribution in [3.05, 3.63) is 60.3 Å². The summed E-state index contributed by atoms with van der Waals surface area (Å²) >= 11 is 0. The second-order valence-corrected chi connectivity index (χ2v) is 5.81. The van der Waals surface area contributed by atoms with Crippen molar-refractivity contribution in [2.75, 3.05) is 20.6 Å². The molecule has 0 fully saturated rings. The number of carbonyl (C=O) groups excluding carboxylic acids is 1. The molecular formula is C19H20N2O3. The summed E-state index contributed by atoms with van der Waals surface area (Å²) in [5.41, 5.74) is 2.05. The molecule has 0 radical (unpaired) electrons. The van der Waals surface area contributed by atoms with E-state index in [2.05, 4.69) is 9.88 Å². The average Bonchev–Trinajstić information content (AvgIpc) is 2.98. The lowest BCUT2D eigenvalue weighted by Crippen LogP contribution is -2.15. The molecule has 0 amide bonds. The van der Waals surface area contributed by atoms with E-state index in [1.807, 2.05) is 38.5 Å². The molecule has 0 saturated heterocycles. The number of aromatic amines is 1. The highest BCUT2D eigenvalue weighted by Gasteiger charge is 2.14. The predicted molar refractivity (Wildman–Crippen MR) is 93.7 cm³/mol. The Hall–Kier alpha value is -2.79. The fourth-order valence-corrected chi connectivity index (χ4v) is 2.54. The number of fused-ring (bicyclic) bond motifs is 1. The summed E-state index contributed by atoms with van der Waals surface area (Å²) in [6.07, 6.45) is 2.08. The second kappa shape index (κ2) is 7.19. The molecular weight excluding hydrogens is 304 g/mol. The minimum Gasteiger partial charge on any atom is -0.395 e. The van der Waals surface area contributed by atoms with E-state index in [0.717, 1.165) is 29.4 Å². The van der Waals surface area contributed by atoms with Gasteiger partial charge < -0.3 is 19.4 Å². The van der Waals surface area contributed by atoms with Gasteiger partial charge in [0.05, 0.1) is 0 Å². The molecule has 1 N–H and O–H groups in total. The molecule has 0 atom stereocenters. The number of ether oxygens (including phenoxy) is 2. The number of hydrogen-bond acceptors (Lipinski definition) is 4. The monoisotopic (exact) mass is 324 g/mol. The number of para-hydroxylation sites is 1. The van der Waals surface area contributed by atoms with Crippen molar-refractivity contribution in [3.8, 4) is 11.5 Å². The van der Waals surface area contributed by atoms with Gasteiger partial charge in [-0.25, -0.2) is 4.79 Å². The summed E-state index contributed by atoms with van der Waals surface area (Å²) in [5, 5.41) is 0.921. The number of hydrogen-bond donors (Lipinski definition) is 1. The fourth-order valence-electron chi connectivity index (χ4n) is 2.54. The largest absolute Gasteiger partial charge is 0.519 e. The zero-order valence-electron chi connectivity index (χ0n) is 13.8. The van der Waals surface area contributed by atoms with Gasteiger partial charge in [-0.2, -0.15) is 0 Å². The minimum atomic E-state index is -0.742. The molecule has 5 heteroatoms. The van der Waals surface area contributed by atoms with Crippen LogP contribution in [0, 0.1) is 0 Å². The van der Waals surface area contributed by atoms with Gasteiger partial charge in [-0.05, 0) is 50.3 Å². The number of rotatable bonds is 5. The number of carbonyl (C=O) groups is 1. The Labute approximate surface area is 140 Å². The molecule has 0 spiro atoms. The SMILES string of the molecule is CN(C)CCc1c[nH]c2cccc(OC(=O)Oc3ccccc3)c12. The molecule has 0 aliphatic carbocycles. The molecule has 124 valence electrons. The van der Waals surface area contributed by atoms with E-state index < -0.39 is 6.16 Å². The van der Waals surface area contributed by atoms with Gasteiger partial charge >= 0.3 is 6.16 Å². The Morgan fingerprint density at radius 1 is 1.04 bits per heavy atom. The Balaban J connectivity index is 1.80. The van der Waals surface area contributed by atoms with E-state index in [1.54, 1.807) is 30.3 Å². The van der Waals surface area contributed by atoms with Gasteiger partial charge in [0.1, 0.15) is 11.5 Å². The molecule has 2 aromatic carbocycles. The van der Waals surface area contributed by atoms with Crippen LogP contribution < -0.4 is 9.47 Å². The van der Waals surface area contributed by atoms with Gasteiger partial charge in [-0.3, -0.25) is 0 Å². The van der Waals surface area contributed by atoms with Gasteiger partial charge in [0.25, 0.3) is 0 Å². The molecule has 0 saturated carbocycles. The van der Waals surface area contributed by atoms with Crippen LogP contribution in [0.5, 0.6) is 11.5 Å². The van der Waals surface area contributed by atoms with Crippen LogP contribution in [0.4, 0.5) is 4.79 Å². The van der Waals surface area contributed by atoms with Crippen LogP contribution in [0.25, 0.3) is 10.9 Å². The lowest BCUT2D eigenvalue weighted by molar-refractivity contribution is 0.152. The van der Waals surface area contributed by atoms with Crippen LogP contribution in [-0.4, -0.2) is 36.7 Å². The maximum atomic E-state index is 12.1. The van der Waals surface area contributed by atoms with E-state index in [-0.39, 0.29) is 0 Å². The van der Waals surface area contributed by atoms with E-state index in [1.165, 1.54) is 0 Å². The van der Waals surface area contributed by atoms with E-state index in [0.29, 0.717) is 11.5 Å². The summed E-state index contributed by atoms with van der Waals surface area (Å²) in [4.78, 5) is 17.4. The lowest BCUT2D eigenvalue weighted by Gasteiger charge is -2.10. The van der Waals surface area contributed by atoms with E-state index in [4.69, 9.17) is 9.47 Å². The van der Waals surface area contributed by atoms with Gasteiger partial charge in [0.2, 0.25) is 0 Å². The molecule has 0 bridgehead atoms. The molecule has 0 aliphatic heterocycles. The topological polar surface area (TPSA) is 54.6 Å². The summed E-state index contributed by atoms with van der Waals surface area (Å²) in [5.74, 6) is 0.958. The third-order valence-corrected chi connectivity index (χ3v) is 3.72. The van der Waals surface area contributed by atoms with E-state index in [9.17, 15) is 4.79 Å². The standard InChI is InChI=1S/C19H20N2O3/c1-21(2)12-11-14-13-20-16-9-6-10-17(18(14)16)24-19(22)23-15-7-4-3-5-8-15/h3-10,13,20H,11-12H2,1-2H3. The van der Waals surface area contributed by atoms with Crippen molar-refractivity contribution in [3.63, 3.8) is 0 Å². The third-order valence-electron chi connectivity index (χ3n) is 3.72. The highest BCUT2D eigenvalue weighted by atomic mass is 16.7. The zero-order valence-corrected chi connectivity index (χ0v) is 13.8. The number of H-pyrrole nitrogens is 1. The number of aromatic nitrogens is 1. The first-order valence-corrected chi connectivity index (χ1v) is 7.82. The first-order valence-electron chi connectivity index (χ1n) is 7.82. The highest BCUT2D eigenvalue weighted by molar-refractivity contribution is 5.91. The summed E-state index contributed by atoms with van der Waals surface area (Å²) < 4.78 is 10.6. The molecule has 1 aromatic heterocycles. The smallest absolute Gasteiger partial charge is 0.395 e. The second-order valence-electron chi connectivity index (χ2n) is 5.81. The maximum Gasteiger partial charge on any atom is 0.519 e. The molecule has 3 aromatic rings. The van der Waals surface area contributed by atoms with Crippen molar-refractivity contribution < 1.29 is 14.3 Å². The van der Waals surface area contributed by atoms with Crippen molar-refractivity contribution in [2.45, 2.75) is 6.42 Å². The van der Waals surface area contributed by atoms with Crippen molar-refractivity contribution in [2.24, 2.45) is 0 Å². The van der Waals surface area contributed by atoms with Gasteiger partial charge in [0.15, 0.2) is 0 Å². The van der Waals surface area contributed by atoms with Crippen molar-refractivity contribution >= 4 is 17.1 Å². The number of nitrogens with zero attached hydrogens (tertiary/aromatic N) is 1. The quantitative estimate of drug-likeness (QED) is 0.572. The van der Waals surface area contributed by atoms with Crippen LogP contribution in [0.2, 0.25) is 0 Å². The summed E-state index contributed by atoms with van der Waals surface area (Å²) in [6.45, 7) is 0.912. The lowest BCUT2D eigenvalue weighted by atomic mass is 10.1. The van der Waals surface area contributed by atoms with Crippen LogP contribution in [-0.2, 0) is 6.42 Å². The number of likely N-dealkylation sites (N-methyl/N-ethyl adjacent to an activating group) is 1. The molecule has 0 aliphatic rings. The number of benzene rings is 2. The Morgan fingerprint density at radius 2 is 1.83 bits per heavy atom. The Morgan fingerprint density at radius 3 is 2.58 bits per heavy atom. The summed E-state index contributed by atoms with van der Waals surface area (Å²) in [7, 11) is 4.06. The molecule has 1 heterocycles. The zero-order chi connectivity index (χ0) is 16.9. The van der Waals surface area contributed by atoms with Gasteiger partial charge in [-0.1, -0.05) is 24.3 Å². The van der Waals surface area contributed by atoms with Crippen LogP contribution in [0.15, 0.2) is 54.7 Å². The Kier molecular flexibility index (Phi) is 4.82. The normalized spacial score (nSPS) is 11.0. The van der Waals surface area contributed by atoms with Gasteiger partial charge in [0, 0.05) is 23.6 Å². The molecule has 3 rings (SSSR count). The highest BCUT2D eigenvalue weighted by Crippen LogP contribution is 2.29. The van der Waals surface area contributed by atoms with Crippen LogP contribution >= 0.6 is 0 Å². The van der Waals surface area contributed by atoms with Crippen molar-refractivity contribution in [1.82, 2.24) is 9.88 Å². The summed E-state index contributed by atoms with van der Waals surface area (Å²) in [6, 6.07) is 14.5. The maximum absolute atomic E-state index is 12.1. The molecule has 5 nitrogen and oxygen atoms in total. The van der Waals surface area contributed by atoms with Crippen molar-refractivity contribution in [1.29, 1.82) is 0 Å². The first-order chi connectivity index (χ1) is 11.6. The molecule has 0 unspecified atom stereocenters. The van der Waals surface area contributed by atoms with E-state index >= 15 is 0 Å². The van der Waals surface area contributed by atoms with Gasteiger partial charge in [-0.15, -0.1) is 0 Å².